The maximum atomic E-state index is 13.4. The lowest BCUT2D eigenvalue weighted by Crippen LogP contribution is -2.42. The summed E-state index contributed by atoms with van der Waals surface area (Å²) in [5.74, 6) is -0.110. The molecule has 2 aromatic carbocycles. The van der Waals surface area contributed by atoms with Crippen LogP contribution in [0.1, 0.15) is 15.9 Å². The van der Waals surface area contributed by atoms with Crippen LogP contribution in [0.2, 0.25) is 0 Å². The first-order valence-corrected chi connectivity index (χ1v) is 12.0. The van der Waals surface area contributed by atoms with Crippen molar-refractivity contribution < 1.29 is 27.5 Å². The molecule has 39 heavy (non-hydrogen) atoms. The van der Waals surface area contributed by atoms with Crippen LogP contribution in [0.3, 0.4) is 0 Å². The molecule has 0 fully saturated rings. The van der Waals surface area contributed by atoms with E-state index >= 15 is 0 Å². The lowest BCUT2D eigenvalue weighted by molar-refractivity contribution is -0.137. The predicted molar refractivity (Wildman–Crippen MR) is 139 cm³/mol. The van der Waals surface area contributed by atoms with E-state index < -0.39 is 29.8 Å². The molecular formula is C28H22F3N5O3. The van der Waals surface area contributed by atoms with Gasteiger partial charge in [0.25, 0.3) is 0 Å². The summed E-state index contributed by atoms with van der Waals surface area (Å²) in [6.45, 7) is 0.0970. The predicted octanol–water partition coefficient (Wildman–Crippen LogP) is 5.85. The fourth-order valence-corrected chi connectivity index (χ4v) is 4.05. The first-order valence-electron chi connectivity index (χ1n) is 12.0. The Morgan fingerprint density at radius 1 is 0.974 bits per heavy atom. The van der Waals surface area contributed by atoms with E-state index in [9.17, 15) is 22.8 Å². The number of pyridine rings is 2. The number of hydrogen-bond donors (Lipinski definition) is 2. The summed E-state index contributed by atoms with van der Waals surface area (Å²) in [6, 6.07) is 20.8. The molecule has 2 aromatic heterocycles. The van der Waals surface area contributed by atoms with Gasteiger partial charge in [-0.25, -0.2) is 19.6 Å². The number of ether oxygens (including phenoxy) is 1. The fraction of sp³-hybridized carbons (Fsp3) is 0.143. The van der Waals surface area contributed by atoms with Gasteiger partial charge in [0, 0.05) is 11.8 Å². The summed E-state index contributed by atoms with van der Waals surface area (Å²) in [7, 11) is 0. The van der Waals surface area contributed by atoms with Crippen LogP contribution in [0.5, 0.6) is 0 Å². The number of carbonyl (C=O) groups excluding carboxylic acids is 2. The van der Waals surface area contributed by atoms with Crippen molar-refractivity contribution in [3.63, 3.8) is 0 Å². The van der Waals surface area contributed by atoms with Crippen LogP contribution in [-0.2, 0) is 10.9 Å². The molecule has 2 N–H and O–H groups in total. The molecule has 0 radical (unpaired) electrons. The second-order valence-electron chi connectivity index (χ2n) is 8.68. The van der Waals surface area contributed by atoms with Crippen LogP contribution in [0.4, 0.5) is 35.3 Å². The van der Waals surface area contributed by atoms with Crippen LogP contribution in [0.25, 0.3) is 11.3 Å². The van der Waals surface area contributed by atoms with Crippen molar-refractivity contribution in [2.24, 2.45) is 0 Å². The van der Waals surface area contributed by atoms with E-state index in [1.807, 2.05) is 0 Å². The van der Waals surface area contributed by atoms with Gasteiger partial charge in [-0.1, -0.05) is 36.4 Å². The number of halogens is 3. The van der Waals surface area contributed by atoms with Crippen molar-refractivity contribution in [2.45, 2.75) is 12.3 Å². The number of hydrogen-bond acceptors (Lipinski definition) is 6. The number of benzene rings is 2. The highest BCUT2D eigenvalue weighted by Gasteiger charge is 2.32. The van der Waals surface area contributed by atoms with Gasteiger partial charge in [-0.3, -0.25) is 10.2 Å². The van der Waals surface area contributed by atoms with E-state index in [4.69, 9.17) is 4.74 Å². The Hall–Kier alpha value is -4.93. The zero-order valence-electron chi connectivity index (χ0n) is 20.4. The van der Waals surface area contributed by atoms with Crippen molar-refractivity contribution in [1.29, 1.82) is 0 Å². The largest absolute Gasteiger partial charge is 0.455 e. The van der Waals surface area contributed by atoms with E-state index in [-0.39, 0.29) is 36.0 Å². The van der Waals surface area contributed by atoms with E-state index in [1.165, 1.54) is 23.2 Å². The monoisotopic (exact) mass is 533 g/mol. The second kappa shape index (κ2) is 10.8. The van der Waals surface area contributed by atoms with Gasteiger partial charge in [-0.2, -0.15) is 13.2 Å². The zero-order chi connectivity index (χ0) is 27.4. The molecule has 1 aliphatic heterocycles. The first kappa shape index (κ1) is 25.7. The molecule has 198 valence electrons. The minimum Gasteiger partial charge on any atom is -0.455 e. The van der Waals surface area contributed by atoms with E-state index in [0.29, 0.717) is 11.3 Å². The summed E-state index contributed by atoms with van der Waals surface area (Å²) in [4.78, 5) is 36.1. The van der Waals surface area contributed by atoms with Gasteiger partial charge in [0.05, 0.1) is 35.6 Å². The van der Waals surface area contributed by atoms with Crippen molar-refractivity contribution in [3.8, 4) is 11.3 Å². The van der Waals surface area contributed by atoms with Crippen molar-refractivity contribution in [3.05, 3.63) is 102 Å². The fourth-order valence-electron chi connectivity index (χ4n) is 4.05. The average Bonchev–Trinajstić information content (AvgIpc) is 3.13. The van der Waals surface area contributed by atoms with Crippen LogP contribution in [-0.4, -0.2) is 41.2 Å². The van der Waals surface area contributed by atoms with Gasteiger partial charge in [0.2, 0.25) is 0 Å². The minimum absolute atomic E-state index is 0.0731. The molecule has 0 saturated carbocycles. The third kappa shape index (κ3) is 5.98. The van der Waals surface area contributed by atoms with Crippen molar-refractivity contribution in [1.82, 2.24) is 9.97 Å². The highest BCUT2D eigenvalue weighted by molar-refractivity contribution is 6.03. The summed E-state index contributed by atoms with van der Waals surface area (Å²) >= 11 is 0. The highest BCUT2D eigenvalue weighted by atomic mass is 19.4. The third-order valence-corrected chi connectivity index (χ3v) is 5.95. The topological polar surface area (TPSA) is 96.5 Å². The molecular weight excluding hydrogens is 511 g/mol. The Kier molecular flexibility index (Phi) is 7.13. The Labute approximate surface area is 221 Å². The van der Waals surface area contributed by atoms with Gasteiger partial charge in [0.1, 0.15) is 11.9 Å². The van der Waals surface area contributed by atoms with E-state index in [0.717, 1.165) is 12.1 Å². The maximum absolute atomic E-state index is 13.4. The number of rotatable bonds is 4. The maximum Gasteiger partial charge on any atom is 0.416 e. The number of esters is 1. The van der Waals surface area contributed by atoms with Crippen molar-refractivity contribution in [2.75, 3.05) is 28.6 Å². The lowest BCUT2D eigenvalue weighted by atomic mass is 10.1. The quantitative estimate of drug-likeness (QED) is 0.320. The smallest absolute Gasteiger partial charge is 0.416 e. The van der Waals surface area contributed by atoms with Crippen LogP contribution in [0, 0.1) is 0 Å². The van der Waals surface area contributed by atoms with Gasteiger partial charge >= 0.3 is 18.2 Å². The molecule has 0 aliphatic carbocycles. The number of alkyl halides is 3. The number of amides is 2. The van der Waals surface area contributed by atoms with Gasteiger partial charge in [-0.15, -0.1) is 0 Å². The molecule has 1 atom stereocenters. The summed E-state index contributed by atoms with van der Waals surface area (Å²) in [5, 5.41) is 5.83. The number of urea groups is 1. The lowest BCUT2D eigenvalue weighted by Gasteiger charge is -2.25. The van der Waals surface area contributed by atoms with Crippen molar-refractivity contribution >= 4 is 29.3 Å². The van der Waals surface area contributed by atoms with Crippen LogP contribution < -0.4 is 15.5 Å². The Balaban J connectivity index is 1.48. The number of anilines is 3. The standard InChI is InChI=1S/C28H22F3N5O3/c29-28(30,31)20-10-6-9-19(15-20)22-12-13-23-25(34-22)36(27(38)35-24-11-4-5-14-32-24)17-21(16-33-23)39-26(37)18-7-2-1-3-8-18/h1-15,21,33H,16-17H2,(H,32,35,38)/t21-/m1/s1. The molecule has 0 saturated heterocycles. The molecule has 11 heteroatoms. The van der Waals surface area contributed by atoms with Crippen LogP contribution in [0.15, 0.2) is 91.1 Å². The Morgan fingerprint density at radius 2 is 1.77 bits per heavy atom. The Morgan fingerprint density at radius 3 is 2.51 bits per heavy atom. The molecule has 0 spiro atoms. The van der Waals surface area contributed by atoms with Gasteiger partial charge in [0.15, 0.2) is 5.82 Å². The molecule has 0 unspecified atom stereocenters. The number of nitrogens with zero attached hydrogens (tertiary/aromatic N) is 3. The third-order valence-electron chi connectivity index (χ3n) is 5.95. The molecule has 5 rings (SSSR count). The van der Waals surface area contributed by atoms with Gasteiger partial charge in [-0.05, 0) is 48.5 Å². The minimum atomic E-state index is -4.52. The summed E-state index contributed by atoms with van der Waals surface area (Å²) in [5.41, 5.74) is 0.451. The SMILES string of the molecule is O=C(O[C@@H]1CNc2ccc(-c3cccc(C(F)(F)F)c3)nc2N(C(=O)Nc2ccccn2)C1)c1ccccc1. The zero-order valence-corrected chi connectivity index (χ0v) is 20.4. The second-order valence-corrected chi connectivity index (χ2v) is 8.68. The molecule has 1 aliphatic rings. The Bertz CT molecular complexity index is 1480. The number of nitrogens with one attached hydrogen (secondary N) is 2. The number of fused-ring (bicyclic) bond motifs is 1. The van der Waals surface area contributed by atoms with E-state index in [1.54, 1.807) is 60.7 Å². The number of aromatic nitrogens is 2. The average molecular weight is 534 g/mol. The first-order chi connectivity index (χ1) is 18.8. The summed E-state index contributed by atoms with van der Waals surface area (Å²) < 4.78 is 45.6. The summed E-state index contributed by atoms with van der Waals surface area (Å²) in [6.07, 6.45) is -3.77. The normalized spacial score (nSPS) is 14.9. The molecule has 4 aromatic rings. The van der Waals surface area contributed by atoms with E-state index in [2.05, 4.69) is 20.6 Å². The molecule has 0 bridgehead atoms. The number of carbonyl (C=O) groups is 2. The van der Waals surface area contributed by atoms with Crippen LogP contribution >= 0.6 is 0 Å². The molecule has 3 heterocycles. The highest BCUT2D eigenvalue weighted by Crippen LogP contribution is 2.34. The molecule has 8 nitrogen and oxygen atoms in total. The molecule has 2 amide bonds. The van der Waals surface area contributed by atoms with Gasteiger partial charge < -0.3 is 10.1 Å².